The second-order valence-corrected chi connectivity index (χ2v) is 8.01. The van der Waals surface area contributed by atoms with E-state index in [9.17, 15) is 14.4 Å². The fourth-order valence-electron chi connectivity index (χ4n) is 4.43. The van der Waals surface area contributed by atoms with Crippen LogP contribution in [0.4, 0.5) is 0 Å². The molecule has 4 atom stereocenters. The van der Waals surface area contributed by atoms with E-state index in [1.807, 2.05) is 6.92 Å². The average Bonchev–Trinajstić information content (AvgIpc) is 3.08. The predicted molar refractivity (Wildman–Crippen MR) is 102 cm³/mol. The average molecular weight is 363 g/mol. The number of hydrogen-bond donors (Lipinski definition) is 2. The summed E-state index contributed by atoms with van der Waals surface area (Å²) in [5.74, 6) is 0.0512. The largest absolute Gasteiger partial charge is 0.346 e. The Morgan fingerprint density at radius 1 is 1.15 bits per heavy atom. The number of ketones is 1. The van der Waals surface area contributed by atoms with Gasteiger partial charge >= 0.3 is 0 Å². The second kappa shape index (κ2) is 9.89. The summed E-state index contributed by atoms with van der Waals surface area (Å²) in [5, 5.41) is 5.46. The molecule has 5 heteroatoms. The fraction of sp³-hybridized carbons (Fsp3) is 0.762. The fourth-order valence-corrected chi connectivity index (χ4v) is 4.43. The van der Waals surface area contributed by atoms with Gasteiger partial charge in [-0.05, 0) is 30.6 Å². The Bertz CT molecular complexity index is 527. The molecule has 2 saturated carbocycles. The third kappa shape index (κ3) is 5.18. The monoisotopic (exact) mass is 362 g/mol. The molecule has 0 radical (unpaired) electrons. The number of amides is 2. The Kier molecular flexibility index (Phi) is 7.85. The number of Topliss-reactive ketones (excluding diaryl/α,β-unsaturated/α-hetero) is 1. The van der Waals surface area contributed by atoms with Crippen molar-refractivity contribution in [2.75, 3.05) is 6.54 Å². The molecule has 1 unspecified atom stereocenters. The van der Waals surface area contributed by atoms with Crippen LogP contribution in [0.15, 0.2) is 12.7 Å². The molecule has 0 bridgehead atoms. The highest BCUT2D eigenvalue weighted by Crippen LogP contribution is 2.39. The van der Waals surface area contributed by atoms with Crippen LogP contribution in [0.3, 0.4) is 0 Å². The summed E-state index contributed by atoms with van der Waals surface area (Å²) in [5.41, 5.74) is 0. The molecule has 146 valence electrons. The number of rotatable bonds is 10. The van der Waals surface area contributed by atoms with E-state index in [1.54, 1.807) is 0 Å². The van der Waals surface area contributed by atoms with Gasteiger partial charge in [0.2, 0.25) is 11.7 Å². The zero-order valence-corrected chi connectivity index (χ0v) is 16.3. The van der Waals surface area contributed by atoms with Crippen LogP contribution in [0.1, 0.15) is 65.2 Å². The predicted octanol–water partition coefficient (Wildman–Crippen LogP) is 3.00. The molecule has 0 aromatic carbocycles. The number of nitrogens with one attached hydrogen (secondary N) is 2. The summed E-state index contributed by atoms with van der Waals surface area (Å²) in [7, 11) is 0. The Hall–Kier alpha value is -1.65. The Morgan fingerprint density at radius 2 is 1.85 bits per heavy atom. The van der Waals surface area contributed by atoms with Gasteiger partial charge in [0.15, 0.2) is 0 Å². The molecule has 0 spiro atoms. The maximum absolute atomic E-state index is 12.8. The van der Waals surface area contributed by atoms with Gasteiger partial charge in [0.25, 0.3) is 5.91 Å². The Labute approximate surface area is 157 Å². The summed E-state index contributed by atoms with van der Waals surface area (Å²) in [6.45, 7) is 7.95. The van der Waals surface area contributed by atoms with E-state index in [2.05, 4.69) is 24.1 Å². The molecule has 2 N–H and O–H groups in total. The van der Waals surface area contributed by atoms with Crippen molar-refractivity contribution in [3.05, 3.63) is 12.7 Å². The molecule has 5 nitrogen and oxygen atoms in total. The van der Waals surface area contributed by atoms with Gasteiger partial charge in [0.1, 0.15) is 0 Å². The van der Waals surface area contributed by atoms with Gasteiger partial charge in [-0.2, -0.15) is 0 Å². The molecule has 2 aliphatic carbocycles. The first-order valence-corrected chi connectivity index (χ1v) is 10.2. The standard InChI is InChI=1S/C21H34N2O3/c1-4-12-22-21(26)19(24)18(13-15-8-6-9-15)23-20(25)14(3)17-11-7-10-16(17)5-2/h4,14-18H,1,5-13H2,2-3H3,(H,22,26)(H,23,25)/t14-,16+,17+,18?/m0/s1. The van der Waals surface area contributed by atoms with Crippen molar-refractivity contribution in [3.8, 4) is 0 Å². The third-order valence-corrected chi connectivity index (χ3v) is 6.36. The van der Waals surface area contributed by atoms with Gasteiger partial charge < -0.3 is 10.6 Å². The first kappa shape index (κ1) is 20.7. The highest BCUT2D eigenvalue weighted by molar-refractivity contribution is 6.38. The summed E-state index contributed by atoms with van der Waals surface area (Å²) in [6, 6.07) is -0.707. The minimum atomic E-state index is -0.707. The van der Waals surface area contributed by atoms with Crippen LogP contribution in [-0.4, -0.2) is 30.2 Å². The molecule has 2 fully saturated rings. The van der Waals surface area contributed by atoms with Crippen molar-refractivity contribution < 1.29 is 14.4 Å². The molecular formula is C21H34N2O3. The van der Waals surface area contributed by atoms with E-state index in [4.69, 9.17) is 0 Å². The second-order valence-electron chi connectivity index (χ2n) is 8.01. The molecule has 2 amide bonds. The van der Waals surface area contributed by atoms with Crippen LogP contribution in [0.25, 0.3) is 0 Å². The topological polar surface area (TPSA) is 75.3 Å². The van der Waals surface area contributed by atoms with Crippen LogP contribution >= 0.6 is 0 Å². The van der Waals surface area contributed by atoms with Crippen molar-refractivity contribution in [1.82, 2.24) is 10.6 Å². The molecular weight excluding hydrogens is 328 g/mol. The maximum Gasteiger partial charge on any atom is 0.289 e. The summed E-state index contributed by atoms with van der Waals surface area (Å²) < 4.78 is 0. The lowest BCUT2D eigenvalue weighted by Gasteiger charge is -2.31. The van der Waals surface area contributed by atoms with E-state index in [0.717, 1.165) is 25.7 Å². The van der Waals surface area contributed by atoms with Gasteiger partial charge in [-0.1, -0.05) is 58.4 Å². The van der Waals surface area contributed by atoms with Crippen LogP contribution in [0, 0.1) is 23.7 Å². The lowest BCUT2D eigenvalue weighted by molar-refractivity contribution is -0.141. The van der Waals surface area contributed by atoms with Gasteiger partial charge in [-0.15, -0.1) is 6.58 Å². The van der Waals surface area contributed by atoms with Crippen LogP contribution in [0.5, 0.6) is 0 Å². The quantitative estimate of drug-likeness (QED) is 0.463. The van der Waals surface area contributed by atoms with Crippen LogP contribution < -0.4 is 10.6 Å². The number of carbonyl (C=O) groups is 3. The van der Waals surface area contributed by atoms with Gasteiger partial charge in [-0.25, -0.2) is 0 Å². The Morgan fingerprint density at radius 3 is 2.42 bits per heavy atom. The molecule has 2 aliphatic rings. The maximum atomic E-state index is 12.8. The number of hydrogen-bond acceptors (Lipinski definition) is 3. The highest BCUT2D eigenvalue weighted by atomic mass is 16.2. The van der Waals surface area contributed by atoms with Crippen molar-refractivity contribution >= 4 is 17.6 Å². The van der Waals surface area contributed by atoms with Crippen LogP contribution in [-0.2, 0) is 14.4 Å². The van der Waals surface area contributed by atoms with E-state index < -0.39 is 17.7 Å². The van der Waals surface area contributed by atoms with Crippen molar-refractivity contribution in [3.63, 3.8) is 0 Å². The van der Waals surface area contributed by atoms with E-state index in [-0.39, 0.29) is 18.4 Å². The molecule has 0 aliphatic heterocycles. The first-order chi connectivity index (χ1) is 12.5. The van der Waals surface area contributed by atoms with Crippen molar-refractivity contribution in [1.29, 1.82) is 0 Å². The molecule has 0 aromatic heterocycles. The molecule has 0 saturated heterocycles. The summed E-state index contributed by atoms with van der Waals surface area (Å²) >= 11 is 0. The molecule has 26 heavy (non-hydrogen) atoms. The van der Waals surface area contributed by atoms with E-state index in [0.29, 0.717) is 24.2 Å². The highest BCUT2D eigenvalue weighted by Gasteiger charge is 2.37. The molecule has 0 aromatic rings. The van der Waals surface area contributed by atoms with Gasteiger partial charge in [0.05, 0.1) is 6.04 Å². The molecule has 2 rings (SSSR count). The summed E-state index contributed by atoms with van der Waals surface area (Å²) in [6.07, 6.45) is 9.96. The van der Waals surface area contributed by atoms with Gasteiger partial charge in [-0.3, -0.25) is 14.4 Å². The number of carbonyl (C=O) groups excluding carboxylic acids is 3. The Balaban J connectivity index is 1.99. The smallest absolute Gasteiger partial charge is 0.289 e. The lowest BCUT2D eigenvalue weighted by atomic mass is 9.79. The van der Waals surface area contributed by atoms with E-state index in [1.165, 1.54) is 25.3 Å². The SMILES string of the molecule is C=CCNC(=O)C(=O)C(CC1CCC1)NC(=O)[C@@H](C)[C@H]1CCC[C@H]1CC. The van der Waals surface area contributed by atoms with Crippen LogP contribution in [0.2, 0.25) is 0 Å². The van der Waals surface area contributed by atoms with E-state index >= 15 is 0 Å². The lowest BCUT2D eigenvalue weighted by Crippen LogP contribution is -2.50. The third-order valence-electron chi connectivity index (χ3n) is 6.36. The molecule has 0 heterocycles. The van der Waals surface area contributed by atoms with Crippen molar-refractivity contribution in [2.45, 2.75) is 71.3 Å². The first-order valence-electron chi connectivity index (χ1n) is 10.2. The zero-order valence-electron chi connectivity index (χ0n) is 16.3. The normalized spacial score (nSPS) is 25.0. The minimum absolute atomic E-state index is 0.0791. The minimum Gasteiger partial charge on any atom is -0.346 e. The van der Waals surface area contributed by atoms with Gasteiger partial charge in [0, 0.05) is 12.5 Å². The van der Waals surface area contributed by atoms with Crippen molar-refractivity contribution in [2.24, 2.45) is 23.7 Å². The summed E-state index contributed by atoms with van der Waals surface area (Å²) in [4.78, 5) is 37.5. The zero-order chi connectivity index (χ0) is 19.1.